The Kier molecular flexibility index (Phi) is 2.71. The van der Waals surface area contributed by atoms with Crippen molar-refractivity contribution in [3.63, 3.8) is 0 Å². The van der Waals surface area contributed by atoms with Crippen LogP contribution in [0.25, 0.3) is 10.6 Å². The van der Waals surface area contributed by atoms with Gasteiger partial charge in [0.15, 0.2) is 0 Å². The zero-order valence-corrected chi connectivity index (χ0v) is 10.1. The fraction of sp³-hybridized carbons (Fsp3) is 0.222. The predicted molar refractivity (Wildman–Crippen MR) is 62.2 cm³/mol. The third-order valence-electron chi connectivity index (χ3n) is 2.08. The molecule has 74 valence electrons. The second kappa shape index (κ2) is 3.84. The van der Waals surface area contributed by atoms with Crippen LogP contribution in [0.15, 0.2) is 15.9 Å². The monoisotopic (exact) mass is 271 g/mol. The molecule has 3 N–H and O–H groups in total. The molecule has 0 bridgehead atoms. The fourth-order valence-electron chi connectivity index (χ4n) is 1.34. The summed E-state index contributed by atoms with van der Waals surface area (Å²) in [5.41, 5.74) is 8.79. The Bertz CT molecular complexity index is 447. The minimum Gasteiger partial charge on any atom is -0.326 e. The molecule has 0 saturated heterocycles. The van der Waals surface area contributed by atoms with Crippen LogP contribution in [0.1, 0.15) is 11.3 Å². The molecule has 2 aromatic rings. The van der Waals surface area contributed by atoms with Crippen molar-refractivity contribution in [1.82, 2.24) is 10.2 Å². The van der Waals surface area contributed by atoms with Crippen molar-refractivity contribution in [3.05, 3.63) is 27.2 Å². The molecule has 5 heteroatoms. The highest BCUT2D eigenvalue weighted by Crippen LogP contribution is 2.31. The third kappa shape index (κ3) is 1.63. The van der Waals surface area contributed by atoms with E-state index in [9.17, 15) is 0 Å². The maximum Gasteiger partial charge on any atom is 0.107 e. The van der Waals surface area contributed by atoms with Crippen LogP contribution >= 0.6 is 27.3 Å². The second-order valence-corrected chi connectivity index (χ2v) is 4.84. The van der Waals surface area contributed by atoms with Gasteiger partial charge in [0.05, 0.1) is 4.88 Å². The molecule has 2 heterocycles. The number of thiophene rings is 1. The van der Waals surface area contributed by atoms with E-state index in [4.69, 9.17) is 5.73 Å². The minimum absolute atomic E-state index is 0.521. The summed E-state index contributed by atoms with van der Waals surface area (Å²) in [6, 6.07) is 2.06. The van der Waals surface area contributed by atoms with Gasteiger partial charge in [0, 0.05) is 27.7 Å². The van der Waals surface area contributed by atoms with Crippen molar-refractivity contribution in [2.45, 2.75) is 13.5 Å². The molecular formula is C9H10BrN3S. The third-order valence-corrected chi connectivity index (χ3v) is 3.78. The highest BCUT2D eigenvalue weighted by atomic mass is 79.9. The SMILES string of the molecule is Cc1[nH]nc(-c2cc(Br)cs2)c1CN. The molecule has 0 fully saturated rings. The molecule has 14 heavy (non-hydrogen) atoms. The summed E-state index contributed by atoms with van der Waals surface area (Å²) in [6.45, 7) is 2.51. The lowest BCUT2D eigenvalue weighted by Gasteiger charge is -1.96. The van der Waals surface area contributed by atoms with Crippen molar-refractivity contribution in [2.24, 2.45) is 5.73 Å². The number of halogens is 1. The van der Waals surface area contributed by atoms with Gasteiger partial charge in [-0.15, -0.1) is 11.3 Å². The Morgan fingerprint density at radius 2 is 2.43 bits per heavy atom. The highest BCUT2D eigenvalue weighted by molar-refractivity contribution is 9.10. The Morgan fingerprint density at radius 3 is 3.00 bits per heavy atom. The van der Waals surface area contributed by atoms with Gasteiger partial charge in [0.1, 0.15) is 5.69 Å². The van der Waals surface area contributed by atoms with Gasteiger partial charge in [-0.2, -0.15) is 5.10 Å². The van der Waals surface area contributed by atoms with Gasteiger partial charge >= 0.3 is 0 Å². The van der Waals surface area contributed by atoms with E-state index in [1.54, 1.807) is 11.3 Å². The number of nitrogens with one attached hydrogen (secondary N) is 1. The zero-order chi connectivity index (χ0) is 10.1. The lowest BCUT2D eigenvalue weighted by atomic mass is 10.1. The molecule has 3 nitrogen and oxygen atoms in total. The van der Waals surface area contributed by atoms with Crippen LogP contribution in [0.2, 0.25) is 0 Å². The van der Waals surface area contributed by atoms with E-state index in [0.29, 0.717) is 6.54 Å². The van der Waals surface area contributed by atoms with E-state index in [2.05, 4.69) is 32.2 Å². The van der Waals surface area contributed by atoms with Crippen LogP contribution in [0.3, 0.4) is 0 Å². The average molecular weight is 272 g/mol. The fourth-order valence-corrected chi connectivity index (χ4v) is 2.79. The first kappa shape index (κ1) is 9.89. The van der Waals surface area contributed by atoms with Gasteiger partial charge in [-0.3, -0.25) is 5.10 Å². The molecule has 2 aromatic heterocycles. The summed E-state index contributed by atoms with van der Waals surface area (Å²) in [7, 11) is 0. The largest absolute Gasteiger partial charge is 0.326 e. The quantitative estimate of drug-likeness (QED) is 0.883. The van der Waals surface area contributed by atoms with Gasteiger partial charge in [-0.1, -0.05) is 0 Å². The van der Waals surface area contributed by atoms with Gasteiger partial charge in [0.2, 0.25) is 0 Å². The summed E-state index contributed by atoms with van der Waals surface area (Å²) < 4.78 is 1.08. The van der Waals surface area contributed by atoms with Crippen LogP contribution in [0.5, 0.6) is 0 Å². The molecule has 0 aliphatic heterocycles. The topological polar surface area (TPSA) is 54.7 Å². The summed E-state index contributed by atoms with van der Waals surface area (Å²) >= 11 is 5.08. The number of aromatic amines is 1. The van der Waals surface area contributed by atoms with E-state index < -0.39 is 0 Å². The lowest BCUT2D eigenvalue weighted by molar-refractivity contribution is 1.03. The van der Waals surface area contributed by atoms with E-state index in [-0.39, 0.29) is 0 Å². The second-order valence-electron chi connectivity index (χ2n) is 3.01. The van der Waals surface area contributed by atoms with E-state index >= 15 is 0 Å². The zero-order valence-electron chi connectivity index (χ0n) is 7.67. The average Bonchev–Trinajstić information content (AvgIpc) is 2.71. The Morgan fingerprint density at radius 1 is 1.64 bits per heavy atom. The number of nitrogens with two attached hydrogens (primary N) is 1. The van der Waals surface area contributed by atoms with Gasteiger partial charge in [-0.05, 0) is 28.9 Å². The van der Waals surface area contributed by atoms with Crippen molar-refractivity contribution < 1.29 is 0 Å². The van der Waals surface area contributed by atoms with Crippen LogP contribution in [-0.2, 0) is 6.54 Å². The van der Waals surface area contributed by atoms with Gasteiger partial charge in [0.25, 0.3) is 0 Å². The number of hydrogen-bond acceptors (Lipinski definition) is 3. The van der Waals surface area contributed by atoms with Crippen molar-refractivity contribution >= 4 is 27.3 Å². The van der Waals surface area contributed by atoms with Crippen LogP contribution < -0.4 is 5.73 Å². The van der Waals surface area contributed by atoms with E-state index in [1.807, 2.05) is 12.3 Å². The molecule has 0 radical (unpaired) electrons. The Hall–Kier alpha value is -0.650. The molecule has 0 unspecified atom stereocenters. The van der Waals surface area contributed by atoms with Crippen molar-refractivity contribution in [2.75, 3.05) is 0 Å². The molecule has 0 aliphatic carbocycles. The predicted octanol–water partition coefficient (Wildman–Crippen LogP) is 2.67. The number of aryl methyl sites for hydroxylation is 1. The highest BCUT2D eigenvalue weighted by Gasteiger charge is 2.12. The van der Waals surface area contributed by atoms with Gasteiger partial charge in [-0.25, -0.2) is 0 Å². The first-order valence-electron chi connectivity index (χ1n) is 4.20. The maximum atomic E-state index is 5.67. The smallest absolute Gasteiger partial charge is 0.107 e. The Labute approximate surface area is 94.5 Å². The van der Waals surface area contributed by atoms with E-state index in [0.717, 1.165) is 26.3 Å². The number of rotatable bonds is 2. The summed E-state index contributed by atoms with van der Waals surface area (Å²) in [6.07, 6.45) is 0. The molecule has 0 aromatic carbocycles. The minimum atomic E-state index is 0.521. The number of hydrogen-bond donors (Lipinski definition) is 2. The van der Waals surface area contributed by atoms with Crippen LogP contribution in [0, 0.1) is 6.92 Å². The van der Waals surface area contributed by atoms with Crippen LogP contribution in [-0.4, -0.2) is 10.2 Å². The number of H-pyrrole nitrogens is 1. The van der Waals surface area contributed by atoms with E-state index in [1.165, 1.54) is 0 Å². The van der Waals surface area contributed by atoms with Crippen molar-refractivity contribution in [1.29, 1.82) is 0 Å². The summed E-state index contributed by atoms with van der Waals surface area (Å²) in [4.78, 5) is 1.14. The Balaban J connectivity index is 2.51. The van der Waals surface area contributed by atoms with Crippen LogP contribution in [0.4, 0.5) is 0 Å². The summed E-state index contributed by atoms with van der Waals surface area (Å²) in [5, 5.41) is 9.25. The first-order chi connectivity index (χ1) is 6.72. The molecule has 0 saturated carbocycles. The standard InChI is InChI=1S/C9H10BrN3S/c1-5-7(3-11)9(13-12-5)8-2-6(10)4-14-8/h2,4H,3,11H2,1H3,(H,12,13). The number of nitrogens with zero attached hydrogens (tertiary/aromatic N) is 1. The number of aromatic nitrogens is 2. The molecule has 0 amide bonds. The van der Waals surface area contributed by atoms with Crippen molar-refractivity contribution in [3.8, 4) is 10.6 Å². The lowest BCUT2D eigenvalue weighted by Crippen LogP contribution is -1.98. The molecule has 2 rings (SSSR count). The molecule has 0 atom stereocenters. The summed E-state index contributed by atoms with van der Waals surface area (Å²) in [5.74, 6) is 0. The molecular weight excluding hydrogens is 262 g/mol. The van der Waals surface area contributed by atoms with Gasteiger partial charge < -0.3 is 5.73 Å². The molecule has 0 aliphatic rings. The molecule has 0 spiro atoms. The maximum absolute atomic E-state index is 5.67. The normalized spacial score (nSPS) is 10.8. The first-order valence-corrected chi connectivity index (χ1v) is 5.88.